The molecule has 0 radical (unpaired) electrons. The molecule has 0 unspecified atom stereocenters. The van der Waals surface area contributed by atoms with Crippen molar-refractivity contribution in [2.75, 3.05) is 0 Å². The van der Waals surface area contributed by atoms with Gasteiger partial charge in [0.05, 0.1) is 0 Å². The average molecular weight is 419 g/mol. The molecule has 3 fully saturated rings. The molecule has 1 aromatic carbocycles. The van der Waals surface area contributed by atoms with Crippen molar-refractivity contribution >= 4 is 17.8 Å². The molecule has 4 aliphatic rings. The van der Waals surface area contributed by atoms with E-state index >= 15 is 0 Å². The van der Waals surface area contributed by atoms with Crippen LogP contribution in [0.4, 0.5) is 0 Å². The van der Waals surface area contributed by atoms with Crippen molar-refractivity contribution in [2.24, 2.45) is 28.6 Å². The Morgan fingerprint density at radius 1 is 1.03 bits per heavy atom. The maximum atomic E-state index is 12.6. The minimum Gasteiger partial charge on any atom is -0.459 e. The van der Waals surface area contributed by atoms with E-state index in [1.807, 2.05) is 36.4 Å². The largest absolute Gasteiger partial charge is 0.459 e. The fourth-order valence-electron chi connectivity index (χ4n) is 7.43. The Morgan fingerprint density at radius 2 is 1.77 bits per heavy atom. The molecular weight excluding hydrogens is 384 g/mol. The van der Waals surface area contributed by atoms with Crippen molar-refractivity contribution in [1.29, 1.82) is 0 Å². The SMILES string of the molecule is C[C@]12CC[C@H](OC(=O)/C=C/c3ccccc3)CC1=CC[C@@H]1[C@@H]2CC[C@]2(C)C(=O)CC[C@@H]12. The molecule has 0 bridgehead atoms. The van der Waals surface area contributed by atoms with Gasteiger partial charge in [0.1, 0.15) is 11.9 Å². The highest BCUT2D eigenvalue weighted by Gasteiger charge is 2.58. The first kappa shape index (κ1) is 20.7. The van der Waals surface area contributed by atoms with Crippen LogP contribution in [0, 0.1) is 28.6 Å². The molecule has 4 aliphatic carbocycles. The predicted molar refractivity (Wildman–Crippen MR) is 122 cm³/mol. The number of allylic oxidation sites excluding steroid dienone is 1. The summed E-state index contributed by atoms with van der Waals surface area (Å²) in [6, 6.07) is 9.85. The number of Topliss-reactive ketones (excluding diaryl/α,β-unsaturated/α-hetero) is 1. The number of ether oxygens (including phenoxy) is 1. The lowest BCUT2D eigenvalue weighted by atomic mass is 9.48. The van der Waals surface area contributed by atoms with Crippen LogP contribution in [-0.4, -0.2) is 17.9 Å². The van der Waals surface area contributed by atoms with E-state index in [2.05, 4.69) is 19.9 Å². The van der Waals surface area contributed by atoms with E-state index < -0.39 is 0 Å². The fourth-order valence-corrected chi connectivity index (χ4v) is 7.43. The van der Waals surface area contributed by atoms with Gasteiger partial charge in [-0.15, -0.1) is 0 Å². The van der Waals surface area contributed by atoms with Crippen LogP contribution in [0.1, 0.15) is 70.8 Å². The van der Waals surface area contributed by atoms with Crippen LogP contribution in [0.5, 0.6) is 0 Å². The van der Waals surface area contributed by atoms with E-state index in [0.717, 1.165) is 50.5 Å². The molecule has 0 spiro atoms. The summed E-state index contributed by atoms with van der Waals surface area (Å²) in [5.41, 5.74) is 2.64. The molecular formula is C28H34O3. The van der Waals surface area contributed by atoms with Gasteiger partial charge in [0.25, 0.3) is 0 Å². The Bertz CT molecular complexity index is 929. The number of carbonyl (C=O) groups is 2. The number of fused-ring (bicyclic) bond motifs is 5. The summed E-state index contributed by atoms with van der Waals surface area (Å²) < 4.78 is 5.83. The molecule has 3 saturated carbocycles. The van der Waals surface area contributed by atoms with Gasteiger partial charge >= 0.3 is 5.97 Å². The molecule has 1 aromatic rings. The number of rotatable bonds is 3. The molecule has 0 amide bonds. The quantitative estimate of drug-likeness (QED) is 0.336. The highest BCUT2D eigenvalue weighted by molar-refractivity contribution is 5.87. The van der Waals surface area contributed by atoms with Gasteiger partial charge in [-0.1, -0.05) is 55.8 Å². The fraction of sp³-hybridized carbons (Fsp3) is 0.571. The zero-order chi connectivity index (χ0) is 21.6. The Balaban J connectivity index is 1.26. The highest BCUT2D eigenvalue weighted by Crippen LogP contribution is 2.64. The lowest BCUT2D eigenvalue weighted by Crippen LogP contribution is -2.50. The van der Waals surface area contributed by atoms with Crippen molar-refractivity contribution in [3.05, 3.63) is 53.6 Å². The molecule has 5 rings (SSSR count). The zero-order valence-electron chi connectivity index (χ0n) is 18.8. The van der Waals surface area contributed by atoms with Gasteiger partial charge in [-0.05, 0) is 73.3 Å². The van der Waals surface area contributed by atoms with Crippen LogP contribution in [0.15, 0.2) is 48.1 Å². The van der Waals surface area contributed by atoms with Crippen molar-refractivity contribution in [3.8, 4) is 0 Å². The van der Waals surface area contributed by atoms with Crippen molar-refractivity contribution in [2.45, 2.75) is 71.3 Å². The summed E-state index contributed by atoms with van der Waals surface area (Å²) in [5, 5.41) is 0. The normalized spacial score (nSPS) is 39.4. The van der Waals surface area contributed by atoms with E-state index in [0.29, 0.717) is 23.5 Å². The summed E-state index contributed by atoms with van der Waals surface area (Å²) in [4.78, 5) is 25.0. The second-order valence-electron chi connectivity index (χ2n) is 10.7. The molecule has 6 atom stereocenters. The number of ketones is 1. The zero-order valence-corrected chi connectivity index (χ0v) is 18.8. The number of hydrogen-bond acceptors (Lipinski definition) is 3. The molecule has 0 saturated heterocycles. The third kappa shape index (κ3) is 3.50. The first-order valence-corrected chi connectivity index (χ1v) is 12.1. The highest BCUT2D eigenvalue weighted by atomic mass is 16.5. The average Bonchev–Trinajstić information content (AvgIpc) is 3.08. The molecule has 3 heteroatoms. The molecule has 0 aliphatic heterocycles. The Labute approximate surface area is 185 Å². The summed E-state index contributed by atoms with van der Waals surface area (Å²) in [6.45, 7) is 4.69. The first-order chi connectivity index (χ1) is 14.9. The van der Waals surface area contributed by atoms with Crippen molar-refractivity contribution in [1.82, 2.24) is 0 Å². The topological polar surface area (TPSA) is 43.4 Å². The van der Waals surface area contributed by atoms with Crippen LogP contribution in [0.3, 0.4) is 0 Å². The van der Waals surface area contributed by atoms with Crippen LogP contribution < -0.4 is 0 Å². The molecule has 164 valence electrons. The first-order valence-electron chi connectivity index (χ1n) is 12.1. The van der Waals surface area contributed by atoms with E-state index in [1.54, 1.807) is 6.08 Å². The molecule has 0 N–H and O–H groups in total. The number of benzene rings is 1. The monoisotopic (exact) mass is 418 g/mol. The Kier molecular flexibility index (Phi) is 5.19. The second-order valence-corrected chi connectivity index (χ2v) is 10.7. The molecule has 3 nitrogen and oxygen atoms in total. The van der Waals surface area contributed by atoms with Gasteiger partial charge in [0.2, 0.25) is 0 Å². The maximum Gasteiger partial charge on any atom is 0.331 e. The Morgan fingerprint density at radius 3 is 2.58 bits per heavy atom. The van der Waals surface area contributed by atoms with Crippen LogP contribution in [0.2, 0.25) is 0 Å². The number of carbonyl (C=O) groups excluding carboxylic acids is 2. The summed E-state index contributed by atoms with van der Waals surface area (Å²) in [5.74, 6) is 2.14. The minimum atomic E-state index is -0.246. The van der Waals surface area contributed by atoms with E-state index in [4.69, 9.17) is 4.74 Å². The van der Waals surface area contributed by atoms with Crippen molar-refractivity contribution < 1.29 is 14.3 Å². The van der Waals surface area contributed by atoms with Crippen LogP contribution >= 0.6 is 0 Å². The van der Waals surface area contributed by atoms with E-state index in [9.17, 15) is 9.59 Å². The minimum absolute atomic E-state index is 0.0225. The second kappa shape index (κ2) is 7.76. The van der Waals surface area contributed by atoms with Crippen molar-refractivity contribution in [3.63, 3.8) is 0 Å². The van der Waals surface area contributed by atoms with Gasteiger partial charge in [-0.3, -0.25) is 4.79 Å². The van der Waals surface area contributed by atoms with Gasteiger partial charge in [-0.25, -0.2) is 4.79 Å². The van der Waals surface area contributed by atoms with Gasteiger partial charge in [0.15, 0.2) is 0 Å². The predicted octanol–water partition coefficient (Wildman–Crippen LogP) is 6.14. The molecule has 0 heterocycles. The summed E-state index contributed by atoms with van der Waals surface area (Å²) in [6.07, 6.45) is 13.9. The number of hydrogen-bond donors (Lipinski definition) is 0. The summed E-state index contributed by atoms with van der Waals surface area (Å²) in [7, 11) is 0. The lowest BCUT2D eigenvalue weighted by molar-refractivity contribution is -0.145. The number of esters is 1. The van der Waals surface area contributed by atoms with Crippen LogP contribution in [0.25, 0.3) is 6.08 Å². The lowest BCUT2D eigenvalue weighted by Gasteiger charge is -2.56. The van der Waals surface area contributed by atoms with Crippen LogP contribution in [-0.2, 0) is 14.3 Å². The third-order valence-corrected chi connectivity index (χ3v) is 9.26. The standard InChI is InChI=1S/C28H34O3/c1-27-16-14-21(31-26(30)13-8-19-6-4-3-5-7-19)18-20(27)9-10-22-23-11-12-25(29)28(23,2)17-15-24(22)27/h3-9,13,21-24H,10-12,14-18H2,1-2H3/b13-8+/t21-,22-,23-,24-,27-,28-/m0/s1. The van der Waals surface area contributed by atoms with Gasteiger partial charge in [0, 0.05) is 24.3 Å². The summed E-state index contributed by atoms with van der Waals surface area (Å²) >= 11 is 0. The smallest absolute Gasteiger partial charge is 0.331 e. The van der Waals surface area contributed by atoms with E-state index in [-0.39, 0.29) is 22.9 Å². The third-order valence-electron chi connectivity index (χ3n) is 9.26. The van der Waals surface area contributed by atoms with Gasteiger partial charge < -0.3 is 4.74 Å². The van der Waals surface area contributed by atoms with Gasteiger partial charge in [-0.2, -0.15) is 0 Å². The van der Waals surface area contributed by atoms with E-state index in [1.165, 1.54) is 12.0 Å². The molecule has 0 aromatic heterocycles. The molecule has 31 heavy (non-hydrogen) atoms. The Hall–Kier alpha value is -2.16. The maximum absolute atomic E-state index is 12.6.